The number of aromatic nitrogens is 2. The number of hydrogen-bond acceptors (Lipinski definition) is 4. The van der Waals surface area contributed by atoms with E-state index in [4.69, 9.17) is 0 Å². The number of nitriles is 1. The van der Waals surface area contributed by atoms with Crippen molar-refractivity contribution < 1.29 is 13.2 Å². The van der Waals surface area contributed by atoms with Gasteiger partial charge in [-0.1, -0.05) is 30.3 Å². The van der Waals surface area contributed by atoms with Crippen LogP contribution >= 0.6 is 0 Å². The van der Waals surface area contributed by atoms with Gasteiger partial charge in [0.05, 0.1) is 11.1 Å². The summed E-state index contributed by atoms with van der Waals surface area (Å²) in [4.78, 5) is 8.00. The maximum atomic E-state index is 12.8. The van der Waals surface area contributed by atoms with Gasteiger partial charge in [-0.3, -0.25) is 0 Å². The third-order valence-corrected chi connectivity index (χ3v) is 3.45. The predicted octanol–water partition coefficient (Wildman–Crippen LogP) is 4.78. The summed E-state index contributed by atoms with van der Waals surface area (Å²) in [5.41, 5.74) is 1.000. The molecule has 0 atom stereocenters. The summed E-state index contributed by atoms with van der Waals surface area (Å²) in [6.07, 6.45) is -1.87. The molecule has 4 nitrogen and oxygen atoms in total. The van der Waals surface area contributed by atoms with Gasteiger partial charge in [-0.15, -0.1) is 0 Å². The molecule has 0 aliphatic rings. The van der Waals surface area contributed by atoms with Gasteiger partial charge in [0.25, 0.3) is 0 Å². The second-order valence-electron chi connectivity index (χ2n) is 5.15. The highest BCUT2D eigenvalue weighted by atomic mass is 19.4. The lowest BCUT2D eigenvalue weighted by atomic mass is 10.1. The lowest BCUT2D eigenvalue weighted by Crippen LogP contribution is -2.07. The van der Waals surface area contributed by atoms with E-state index in [2.05, 4.69) is 15.3 Å². The van der Waals surface area contributed by atoms with Crippen molar-refractivity contribution in [2.75, 3.05) is 5.32 Å². The summed E-state index contributed by atoms with van der Waals surface area (Å²) in [6, 6.07) is 14.7. The number of benzene rings is 1. The van der Waals surface area contributed by atoms with E-state index in [0.717, 1.165) is 29.5 Å². The molecule has 25 heavy (non-hydrogen) atoms. The molecule has 7 heteroatoms. The van der Waals surface area contributed by atoms with Crippen LogP contribution in [0.1, 0.15) is 11.1 Å². The zero-order chi connectivity index (χ0) is 17.9. The van der Waals surface area contributed by atoms with Crippen molar-refractivity contribution in [3.63, 3.8) is 0 Å². The number of pyridine rings is 2. The molecular weight excluding hydrogens is 329 g/mol. The van der Waals surface area contributed by atoms with E-state index in [9.17, 15) is 18.4 Å². The van der Waals surface area contributed by atoms with Crippen LogP contribution in [0.3, 0.4) is 0 Å². The van der Waals surface area contributed by atoms with Crippen molar-refractivity contribution in [3.05, 3.63) is 72.1 Å². The maximum Gasteiger partial charge on any atom is 0.416 e. The minimum absolute atomic E-state index is 0.0358. The molecule has 0 bridgehead atoms. The first-order valence-corrected chi connectivity index (χ1v) is 7.23. The van der Waals surface area contributed by atoms with Crippen LogP contribution in [0.25, 0.3) is 11.1 Å². The average Bonchev–Trinajstić information content (AvgIpc) is 2.62. The molecule has 2 heterocycles. The number of halogens is 3. The number of hydrogen-bond donors (Lipinski definition) is 1. The number of alkyl halides is 3. The molecule has 0 fully saturated rings. The Labute approximate surface area is 141 Å². The van der Waals surface area contributed by atoms with Crippen LogP contribution in [0.15, 0.2) is 60.9 Å². The summed E-state index contributed by atoms with van der Waals surface area (Å²) >= 11 is 0. The fourth-order valence-electron chi connectivity index (χ4n) is 2.23. The van der Waals surface area contributed by atoms with Crippen molar-refractivity contribution >= 4 is 11.6 Å². The lowest BCUT2D eigenvalue weighted by molar-refractivity contribution is -0.137. The Hall–Kier alpha value is -3.40. The fraction of sp³-hybridized carbons (Fsp3) is 0.0556. The molecule has 0 saturated heterocycles. The molecule has 0 amide bonds. The number of nitrogens with one attached hydrogen (secondary N) is 1. The van der Waals surface area contributed by atoms with Crippen molar-refractivity contribution in [1.29, 1.82) is 5.26 Å². The first-order valence-electron chi connectivity index (χ1n) is 7.23. The largest absolute Gasteiger partial charge is 0.416 e. The first-order chi connectivity index (χ1) is 12.0. The van der Waals surface area contributed by atoms with Gasteiger partial charge in [0, 0.05) is 18.0 Å². The molecule has 0 radical (unpaired) electrons. The zero-order valence-corrected chi connectivity index (χ0v) is 12.7. The number of rotatable bonds is 3. The second kappa shape index (κ2) is 6.61. The molecule has 2 aromatic heterocycles. The highest BCUT2D eigenvalue weighted by Gasteiger charge is 2.30. The van der Waals surface area contributed by atoms with Gasteiger partial charge in [0.2, 0.25) is 0 Å². The van der Waals surface area contributed by atoms with Crippen molar-refractivity contribution in [2.45, 2.75) is 6.18 Å². The molecule has 124 valence electrons. The Bertz CT molecular complexity index is 931. The van der Waals surface area contributed by atoms with Gasteiger partial charge < -0.3 is 5.32 Å². The van der Waals surface area contributed by atoms with Crippen LogP contribution in [0, 0.1) is 11.3 Å². The molecule has 1 N–H and O–H groups in total. The van der Waals surface area contributed by atoms with E-state index in [-0.39, 0.29) is 17.2 Å². The van der Waals surface area contributed by atoms with Gasteiger partial charge in [0.15, 0.2) is 0 Å². The first kappa shape index (κ1) is 16.5. The highest BCUT2D eigenvalue weighted by Crippen LogP contribution is 2.31. The van der Waals surface area contributed by atoms with E-state index >= 15 is 0 Å². The third-order valence-electron chi connectivity index (χ3n) is 3.45. The quantitative estimate of drug-likeness (QED) is 0.745. The van der Waals surface area contributed by atoms with Crippen LogP contribution in [0.2, 0.25) is 0 Å². The Balaban J connectivity index is 1.93. The molecule has 3 aromatic rings. The molecule has 0 aliphatic carbocycles. The third kappa shape index (κ3) is 3.75. The topological polar surface area (TPSA) is 61.6 Å². The molecule has 0 saturated carbocycles. The summed E-state index contributed by atoms with van der Waals surface area (Å²) < 4.78 is 38.3. The van der Waals surface area contributed by atoms with Crippen molar-refractivity contribution in [2.24, 2.45) is 0 Å². The average molecular weight is 340 g/mol. The summed E-state index contributed by atoms with van der Waals surface area (Å²) in [7, 11) is 0. The standard InChI is InChI=1S/C18H11F3N4/c19-18(20,21)15-6-7-23-16(9-15)25-17-13(10-22)8-14(11-24-17)12-4-2-1-3-5-12/h1-9,11H,(H,23,24,25). The van der Waals surface area contributed by atoms with Gasteiger partial charge >= 0.3 is 6.18 Å². The Morgan fingerprint density at radius 1 is 0.960 bits per heavy atom. The monoisotopic (exact) mass is 340 g/mol. The van der Waals surface area contributed by atoms with E-state index < -0.39 is 11.7 Å². The second-order valence-corrected chi connectivity index (χ2v) is 5.15. The van der Waals surface area contributed by atoms with Crippen LogP contribution in [-0.4, -0.2) is 9.97 Å². The van der Waals surface area contributed by atoms with Crippen LogP contribution in [0.5, 0.6) is 0 Å². The van der Waals surface area contributed by atoms with Gasteiger partial charge in [0.1, 0.15) is 17.7 Å². The molecule has 0 aliphatic heterocycles. The highest BCUT2D eigenvalue weighted by molar-refractivity contribution is 5.69. The molecule has 1 aromatic carbocycles. The smallest absolute Gasteiger partial charge is 0.324 e. The normalized spacial score (nSPS) is 11.0. The SMILES string of the molecule is N#Cc1cc(-c2ccccc2)cnc1Nc1cc(C(F)(F)F)ccn1. The summed E-state index contributed by atoms with van der Waals surface area (Å²) in [6.45, 7) is 0. The summed E-state index contributed by atoms with van der Waals surface area (Å²) in [5.74, 6) is 0.111. The molecule has 3 rings (SSSR count). The summed E-state index contributed by atoms with van der Waals surface area (Å²) in [5, 5.41) is 12.0. The van der Waals surface area contributed by atoms with E-state index in [1.54, 1.807) is 12.3 Å². The van der Waals surface area contributed by atoms with Crippen LogP contribution in [-0.2, 0) is 6.18 Å². The molecule has 0 spiro atoms. The molecular formula is C18H11F3N4. The molecule has 0 unspecified atom stereocenters. The van der Waals surface area contributed by atoms with Gasteiger partial charge in [-0.25, -0.2) is 9.97 Å². The lowest BCUT2D eigenvalue weighted by Gasteiger charge is -2.11. The minimum atomic E-state index is -4.47. The Morgan fingerprint density at radius 2 is 1.72 bits per heavy atom. The Morgan fingerprint density at radius 3 is 2.40 bits per heavy atom. The van der Waals surface area contributed by atoms with Crippen molar-refractivity contribution in [1.82, 2.24) is 9.97 Å². The van der Waals surface area contributed by atoms with Gasteiger partial charge in [-0.05, 0) is 23.8 Å². The minimum Gasteiger partial charge on any atom is -0.324 e. The van der Waals surface area contributed by atoms with Crippen LogP contribution in [0.4, 0.5) is 24.8 Å². The van der Waals surface area contributed by atoms with Gasteiger partial charge in [-0.2, -0.15) is 18.4 Å². The zero-order valence-electron chi connectivity index (χ0n) is 12.7. The van der Waals surface area contributed by atoms with E-state index in [1.807, 2.05) is 36.4 Å². The fourth-order valence-corrected chi connectivity index (χ4v) is 2.23. The maximum absolute atomic E-state index is 12.8. The van der Waals surface area contributed by atoms with Crippen LogP contribution < -0.4 is 5.32 Å². The van der Waals surface area contributed by atoms with E-state index in [1.165, 1.54) is 0 Å². The van der Waals surface area contributed by atoms with E-state index in [0.29, 0.717) is 0 Å². The number of anilines is 2. The Kier molecular flexibility index (Phi) is 4.35. The number of nitrogens with zero attached hydrogens (tertiary/aromatic N) is 3. The predicted molar refractivity (Wildman–Crippen MR) is 86.9 cm³/mol. The van der Waals surface area contributed by atoms with Crippen molar-refractivity contribution in [3.8, 4) is 17.2 Å².